The number of tetrazole rings is 1. The molecule has 0 spiro atoms. The Morgan fingerprint density at radius 2 is 2.22 bits per heavy atom. The molecule has 0 amide bonds. The zero-order valence-electron chi connectivity index (χ0n) is 9.83. The SMILES string of the molecule is Cc1ccc(-c2nnnn2C(C)C(=O)O)c(F)c1. The second-order valence-electron chi connectivity index (χ2n) is 3.94. The molecule has 6 nitrogen and oxygen atoms in total. The molecule has 1 aromatic heterocycles. The Morgan fingerprint density at radius 1 is 1.50 bits per heavy atom. The van der Waals surface area contributed by atoms with E-state index in [0.29, 0.717) is 0 Å². The number of halogens is 1. The van der Waals surface area contributed by atoms with Gasteiger partial charge >= 0.3 is 5.97 Å². The molecule has 0 aliphatic rings. The van der Waals surface area contributed by atoms with Gasteiger partial charge in [0.2, 0.25) is 0 Å². The molecule has 18 heavy (non-hydrogen) atoms. The van der Waals surface area contributed by atoms with E-state index in [9.17, 15) is 9.18 Å². The first-order chi connectivity index (χ1) is 8.50. The monoisotopic (exact) mass is 250 g/mol. The van der Waals surface area contributed by atoms with Crippen molar-refractivity contribution in [2.45, 2.75) is 19.9 Å². The fourth-order valence-electron chi connectivity index (χ4n) is 1.54. The number of aliphatic carboxylic acids is 1. The average Bonchev–Trinajstić information content (AvgIpc) is 2.76. The van der Waals surface area contributed by atoms with E-state index in [2.05, 4.69) is 15.5 Å². The lowest BCUT2D eigenvalue weighted by Gasteiger charge is -2.09. The van der Waals surface area contributed by atoms with Gasteiger partial charge < -0.3 is 5.11 Å². The molecule has 1 atom stereocenters. The lowest BCUT2D eigenvalue weighted by molar-refractivity contribution is -0.140. The second kappa shape index (κ2) is 4.52. The molecule has 0 fully saturated rings. The molecule has 0 saturated carbocycles. The van der Waals surface area contributed by atoms with E-state index >= 15 is 0 Å². The summed E-state index contributed by atoms with van der Waals surface area (Å²) in [5.41, 5.74) is 0.945. The minimum absolute atomic E-state index is 0.0994. The number of benzene rings is 1. The van der Waals surface area contributed by atoms with Gasteiger partial charge in [-0.2, -0.15) is 0 Å². The van der Waals surface area contributed by atoms with Crippen LogP contribution in [-0.4, -0.2) is 31.3 Å². The summed E-state index contributed by atoms with van der Waals surface area (Å²) in [6.07, 6.45) is 0. The van der Waals surface area contributed by atoms with Crippen molar-refractivity contribution in [2.24, 2.45) is 0 Å². The summed E-state index contributed by atoms with van der Waals surface area (Å²) in [5, 5.41) is 19.6. The summed E-state index contributed by atoms with van der Waals surface area (Å²) >= 11 is 0. The van der Waals surface area contributed by atoms with Gasteiger partial charge in [-0.25, -0.2) is 13.9 Å². The van der Waals surface area contributed by atoms with Gasteiger partial charge in [0.15, 0.2) is 11.9 Å². The van der Waals surface area contributed by atoms with Crippen LogP contribution in [0.1, 0.15) is 18.5 Å². The number of carbonyl (C=O) groups is 1. The number of hydrogen-bond donors (Lipinski definition) is 1. The van der Waals surface area contributed by atoms with Crippen LogP contribution in [0.5, 0.6) is 0 Å². The highest BCUT2D eigenvalue weighted by molar-refractivity contribution is 5.72. The van der Waals surface area contributed by atoms with Crippen LogP contribution in [0.2, 0.25) is 0 Å². The normalized spacial score (nSPS) is 12.4. The maximum atomic E-state index is 13.8. The number of nitrogens with zero attached hydrogens (tertiary/aromatic N) is 4. The largest absolute Gasteiger partial charge is 0.480 e. The predicted octanol–water partition coefficient (Wildman–Crippen LogP) is 1.43. The van der Waals surface area contributed by atoms with Gasteiger partial charge in [0.1, 0.15) is 5.82 Å². The molecule has 0 bridgehead atoms. The van der Waals surface area contributed by atoms with Crippen molar-refractivity contribution in [1.29, 1.82) is 0 Å². The minimum Gasteiger partial charge on any atom is -0.480 e. The van der Waals surface area contributed by atoms with Crippen LogP contribution in [0.3, 0.4) is 0 Å². The summed E-state index contributed by atoms with van der Waals surface area (Å²) in [6.45, 7) is 3.18. The number of aryl methyl sites for hydroxylation is 1. The highest BCUT2D eigenvalue weighted by Gasteiger charge is 2.21. The van der Waals surface area contributed by atoms with E-state index in [0.717, 1.165) is 10.2 Å². The van der Waals surface area contributed by atoms with E-state index in [4.69, 9.17) is 5.11 Å². The Kier molecular flexibility index (Phi) is 3.05. The average molecular weight is 250 g/mol. The minimum atomic E-state index is -1.09. The zero-order chi connectivity index (χ0) is 13.3. The van der Waals surface area contributed by atoms with Gasteiger partial charge in [-0.3, -0.25) is 0 Å². The highest BCUT2D eigenvalue weighted by atomic mass is 19.1. The van der Waals surface area contributed by atoms with Crippen LogP contribution in [0, 0.1) is 12.7 Å². The van der Waals surface area contributed by atoms with E-state index in [1.54, 1.807) is 13.0 Å². The van der Waals surface area contributed by atoms with Crippen LogP contribution in [0.4, 0.5) is 4.39 Å². The van der Waals surface area contributed by atoms with Gasteiger partial charge in [-0.05, 0) is 42.0 Å². The Balaban J connectivity index is 2.52. The number of rotatable bonds is 3. The number of carboxylic acid groups (broad SMARTS) is 1. The molecule has 0 saturated heterocycles. The molecule has 1 heterocycles. The Labute approximate surface area is 102 Å². The van der Waals surface area contributed by atoms with Crippen LogP contribution in [0.25, 0.3) is 11.4 Å². The van der Waals surface area contributed by atoms with Crippen molar-refractivity contribution >= 4 is 5.97 Å². The first-order valence-corrected chi connectivity index (χ1v) is 5.28. The number of hydrogen-bond acceptors (Lipinski definition) is 4. The van der Waals surface area contributed by atoms with E-state index < -0.39 is 17.8 Å². The molecule has 0 aliphatic carbocycles. The Bertz CT molecular complexity index is 596. The standard InChI is InChI=1S/C11H11FN4O2/c1-6-3-4-8(9(12)5-6)10-13-14-15-16(10)7(2)11(17)18/h3-5,7H,1-2H3,(H,17,18). The summed E-state index contributed by atoms with van der Waals surface area (Å²) in [5.74, 6) is -1.47. The number of aromatic nitrogens is 4. The molecule has 2 aromatic rings. The molecule has 1 N–H and O–H groups in total. The molecule has 2 rings (SSSR count). The molecule has 1 unspecified atom stereocenters. The van der Waals surface area contributed by atoms with E-state index in [1.165, 1.54) is 19.1 Å². The third-order valence-corrected chi connectivity index (χ3v) is 2.58. The molecule has 0 aliphatic heterocycles. The zero-order valence-corrected chi connectivity index (χ0v) is 9.83. The van der Waals surface area contributed by atoms with Crippen molar-refractivity contribution in [3.05, 3.63) is 29.6 Å². The van der Waals surface area contributed by atoms with Gasteiger partial charge in [-0.1, -0.05) is 6.07 Å². The van der Waals surface area contributed by atoms with Gasteiger partial charge in [-0.15, -0.1) is 5.10 Å². The van der Waals surface area contributed by atoms with Crippen molar-refractivity contribution in [3.63, 3.8) is 0 Å². The number of carboxylic acids is 1. The van der Waals surface area contributed by atoms with Crippen molar-refractivity contribution in [1.82, 2.24) is 20.2 Å². The summed E-state index contributed by atoms with van der Waals surface area (Å²) < 4.78 is 14.9. The molecule has 0 radical (unpaired) electrons. The molecule has 94 valence electrons. The fourth-order valence-corrected chi connectivity index (χ4v) is 1.54. The Hall–Kier alpha value is -2.31. The van der Waals surface area contributed by atoms with Crippen LogP contribution in [-0.2, 0) is 4.79 Å². The van der Waals surface area contributed by atoms with Gasteiger partial charge in [0.25, 0.3) is 0 Å². The van der Waals surface area contributed by atoms with Crippen molar-refractivity contribution < 1.29 is 14.3 Å². The summed E-state index contributed by atoms with van der Waals surface area (Å²) in [6, 6.07) is 3.63. The van der Waals surface area contributed by atoms with Crippen LogP contribution in [0.15, 0.2) is 18.2 Å². The van der Waals surface area contributed by atoms with E-state index in [-0.39, 0.29) is 11.4 Å². The predicted molar refractivity (Wildman–Crippen MR) is 60.3 cm³/mol. The molecular weight excluding hydrogens is 239 g/mol. The maximum absolute atomic E-state index is 13.8. The first kappa shape index (κ1) is 12.2. The molecule has 1 aromatic carbocycles. The first-order valence-electron chi connectivity index (χ1n) is 5.28. The van der Waals surface area contributed by atoms with Crippen LogP contribution >= 0.6 is 0 Å². The summed E-state index contributed by atoms with van der Waals surface area (Å²) in [7, 11) is 0. The summed E-state index contributed by atoms with van der Waals surface area (Å²) in [4.78, 5) is 10.9. The van der Waals surface area contributed by atoms with Crippen molar-refractivity contribution in [2.75, 3.05) is 0 Å². The second-order valence-corrected chi connectivity index (χ2v) is 3.94. The Morgan fingerprint density at radius 3 is 2.83 bits per heavy atom. The third-order valence-electron chi connectivity index (χ3n) is 2.58. The van der Waals surface area contributed by atoms with Gasteiger partial charge in [0, 0.05) is 0 Å². The van der Waals surface area contributed by atoms with E-state index in [1.807, 2.05) is 0 Å². The molecular formula is C11H11FN4O2. The quantitative estimate of drug-likeness (QED) is 0.891. The molecule has 7 heteroatoms. The lowest BCUT2D eigenvalue weighted by atomic mass is 10.1. The topological polar surface area (TPSA) is 80.9 Å². The smallest absolute Gasteiger partial charge is 0.328 e. The fraction of sp³-hybridized carbons (Fsp3) is 0.273. The van der Waals surface area contributed by atoms with Crippen LogP contribution < -0.4 is 0 Å². The lowest BCUT2D eigenvalue weighted by Crippen LogP contribution is -2.18. The highest BCUT2D eigenvalue weighted by Crippen LogP contribution is 2.23. The third kappa shape index (κ3) is 2.06. The van der Waals surface area contributed by atoms with Crippen molar-refractivity contribution in [3.8, 4) is 11.4 Å². The maximum Gasteiger partial charge on any atom is 0.328 e. The van der Waals surface area contributed by atoms with Gasteiger partial charge in [0.05, 0.1) is 5.56 Å².